The number of rotatable bonds is 23. The van der Waals surface area contributed by atoms with E-state index in [1.165, 1.54) is 0 Å². The van der Waals surface area contributed by atoms with Crippen molar-refractivity contribution in [1.29, 1.82) is 5.41 Å². The fraction of sp³-hybridized carbons (Fsp3) is 0.667. The van der Waals surface area contributed by atoms with Gasteiger partial charge in [-0.05, 0) is 51.6 Å². The van der Waals surface area contributed by atoms with Gasteiger partial charge in [0.15, 0.2) is 5.96 Å². The molecule has 19 heteroatoms. The van der Waals surface area contributed by atoms with Crippen LogP contribution in [0.1, 0.15) is 38.5 Å². The predicted molar refractivity (Wildman–Crippen MR) is 156 cm³/mol. The molecule has 244 valence electrons. The van der Waals surface area contributed by atoms with Gasteiger partial charge in [0.05, 0.1) is 26.2 Å². The molecule has 0 spiro atoms. The molecule has 0 saturated heterocycles. The Morgan fingerprint density at radius 1 is 0.628 bits per heavy atom. The number of hydrogen-bond acceptors (Lipinski definition) is 11. The Morgan fingerprint density at radius 2 is 1.05 bits per heavy atom. The molecule has 0 aromatic heterocycles. The Morgan fingerprint density at radius 3 is 1.44 bits per heavy atom. The zero-order valence-electron chi connectivity index (χ0n) is 24.2. The van der Waals surface area contributed by atoms with E-state index in [0.717, 1.165) is 0 Å². The largest absolute Gasteiger partial charge is 0.370 e. The van der Waals surface area contributed by atoms with Crippen LogP contribution in [0.15, 0.2) is 0 Å². The van der Waals surface area contributed by atoms with Gasteiger partial charge in [-0.2, -0.15) is 0 Å². The highest BCUT2D eigenvalue weighted by Gasteiger charge is 2.25. The third kappa shape index (κ3) is 18.6. The van der Waals surface area contributed by atoms with Gasteiger partial charge in [-0.15, -0.1) is 0 Å². The third-order valence-corrected chi connectivity index (χ3v) is 5.73. The van der Waals surface area contributed by atoms with Crippen LogP contribution in [0.5, 0.6) is 0 Å². The number of nitrogens with two attached hydrogens (primary N) is 4. The molecular formula is C24H46N12O7. The van der Waals surface area contributed by atoms with Crippen LogP contribution in [0.4, 0.5) is 0 Å². The normalized spacial score (nSPS) is 12.4. The second-order valence-electron chi connectivity index (χ2n) is 9.26. The monoisotopic (exact) mass is 614 g/mol. The molecule has 0 aliphatic rings. The molecule has 3 atom stereocenters. The van der Waals surface area contributed by atoms with E-state index in [4.69, 9.17) is 28.3 Å². The number of aldehydes is 1. The molecule has 0 aromatic carbocycles. The van der Waals surface area contributed by atoms with Gasteiger partial charge in [0.25, 0.3) is 0 Å². The zero-order valence-corrected chi connectivity index (χ0v) is 24.2. The van der Waals surface area contributed by atoms with E-state index < -0.39 is 66.7 Å². The minimum absolute atomic E-state index is 0.134. The van der Waals surface area contributed by atoms with Crippen LogP contribution in [0.2, 0.25) is 0 Å². The average Bonchev–Trinajstić information content (AvgIpc) is 2.98. The van der Waals surface area contributed by atoms with Crippen molar-refractivity contribution >= 4 is 47.7 Å². The number of carbonyl (C=O) groups excluding carboxylic acids is 7. The lowest BCUT2D eigenvalue weighted by Gasteiger charge is -2.21. The summed E-state index contributed by atoms with van der Waals surface area (Å²) in [4.78, 5) is 84.8. The summed E-state index contributed by atoms with van der Waals surface area (Å²) in [6.07, 6.45) is 2.15. The van der Waals surface area contributed by atoms with Crippen molar-refractivity contribution in [2.45, 2.75) is 56.7 Å². The van der Waals surface area contributed by atoms with E-state index >= 15 is 0 Å². The summed E-state index contributed by atoms with van der Waals surface area (Å²) >= 11 is 0. The molecule has 43 heavy (non-hydrogen) atoms. The summed E-state index contributed by atoms with van der Waals surface area (Å²) in [7, 11) is 0. The van der Waals surface area contributed by atoms with Crippen LogP contribution in [0.3, 0.4) is 0 Å². The standard InChI is InChI=1S/C24H46N12O7/c25-7-1-4-15(21(41)30-10-11-37)35-19(39)13-32-22(42)16(5-2-8-26)36-20(40)14-33-23(43)17(34-18(38)12-27)6-3-9-31-24(28)29/h11,15-17H,1-10,12-14,25-27H2,(H,30,41)(H,32,42)(H,33,43)(H,34,38)(H,35,39)(H,36,40)(H4,28,29,31)/t15-,16-,17-/m0/s1. The zero-order chi connectivity index (χ0) is 32.6. The van der Waals surface area contributed by atoms with E-state index in [1.807, 2.05) is 0 Å². The molecule has 0 saturated carbocycles. The van der Waals surface area contributed by atoms with Gasteiger partial charge < -0.3 is 64.9 Å². The van der Waals surface area contributed by atoms with E-state index in [1.54, 1.807) is 0 Å². The van der Waals surface area contributed by atoms with E-state index in [2.05, 4.69) is 37.2 Å². The van der Waals surface area contributed by atoms with Crippen molar-refractivity contribution in [1.82, 2.24) is 37.2 Å². The first kappa shape index (κ1) is 38.6. The first-order valence-corrected chi connectivity index (χ1v) is 13.8. The minimum Gasteiger partial charge on any atom is -0.370 e. The Labute approximate surface area is 249 Å². The van der Waals surface area contributed by atoms with Crippen LogP contribution in [0.25, 0.3) is 0 Å². The molecule has 0 aromatic rings. The number of carbonyl (C=O) groups is 7. The van der Waals surface area contributed by atoms with Crippen molar-refractivity contribution in [3.63, 3.8) is 0 Å². The maximum atomic E-state index is 12.8. The highest BCUT2D eigenvalue weighted by Crippen LogP contribution is 2.00. The van der Waals surface area contributed by atoms with Crippen LogP contribution < -0.4 is 60.2 Å². The topological polar surface area (TPSA) is 332 Å². The molecule has 19 nitrogen and oxygen atoms in total. The predicted octanol–water partition coefficient (Wildman–Crippen LogP) is -6.31. The van der Waals surface area contributed by atoms with Gasteiger partial charge in [-0.3, -0.25) is 34.2 Å². The third-order valence-electron chi connectivity index (χ3n) is 5.73. The van der Waals surface area contributed by atoms with Gasteiger partial charge in [0.2, 0.25) is 35.4 Å². The summed E-state index contributed by atoms with van der Waals surface area (Å²) < 4.78 is 0. The number of guanidine groups is 1. The molecule has 0 radical (unpaired) electrons. The highest BCUT2D eigenvalue weighted by atomic mass is 16.2. The first-order chi connectivity index (χ1) is 20.5. The van der Waals surface area contributed by atoms with Crippen LogP contribution in [-0.2, 0) is 33.6 Å². The lowest BCUT2D eigenvalue weighted by Crippen LogP contribution is -2.54. The van der Waals surface area contributed by atoms with E-state index in [0.29, 0.717) is 25.5 Å². The molecule has 16 N–H and O–H groups in total. The molecule has 6 amide bonds. The molecule has 0 unspecified atom stereocenters. The Balaban J connectivity index is 5.06. The van der Waals surface area contributed by atoms with Gasteiger partial charge in [-0.1, -0.05) is 0 Å². The summed E-state index contributed by atoms with van der Waals surface area (Å²) in [6.45, 7) is -0.847. The molecule has 0 rings (SSSR count). The van der Waals surface area contributed by atoms with Crippen LogP contribution in [-0.4, -0.2) is 112 Å². The van der Waals surface area contributed by atoms with E-state index in [9.17, 15) is 33.6 Å². The SMILES string of the molecule is N=C(N)NCCC[C@H](NC(=O)CN)C(=O)NCC(=O)N[C@@H](CCCN)C(=O)NCC(=O)N[C@@H](CCCN)C(=O)NCC=O. The molecule has 0 aliphatic carbocycles. The number of hydrogen-bond donors (Lipinski definition) is 12. The van der Waals surface area contributed by atoms with E-state index in [-0.39, 0.29) is 57.9 Å². The number of nitrogens with one attached hydrogen (secondary N) is 8. The Kier molecular flexibility index (Phi) is 20.9. The number of amides is 6. The van der Waals surface area contributed by atoms with Crippen molar-refractivity contribution in [3.8, 4) is 0 Å². The Hall–Kier alpha value is -4.36. The van der Waals surface area contributed by atoms with Gasteiger partial charge in [0.1, 0.15) is 24.4 Å². The van der Waals surface area contributed by atoms with Gasteiger partial charge in [0, 0.05) is 6.54 Å². The second-order valence-corrected chi connectivity index (χ2v) is 9.26. The maximum absolute atomic E-state index is 12.8. The lowest BCUT2D eigenvalue weighted by atomic mass is 10.1. The van der Waals surface area contributed by atoms with Crippen molar-refractivity contribution in [2.24, 2.45) is 22.9 Å². The quantitative estimate of drug-likeness (QED) is 0.0221. The molecule has 0 fully saturated rings. The smallest absolute Gasteiger partial charge is 0.243 e. The summed E-state index contributed by atoms with van der Waals surface area (Å²) in [5.74, 6) is -4.17. The summed E-state index contributed by atoms with van der Waals surface area (Å²) in [5, 5.41) is 24.3. The average molecular weight is 615 g/mol. The fourth-order valence-electron chi connectivity index (χ4n) is 3.57. The molecule has 0 heterocycles. The first-order valence-electron chi connectivity index (χ1n) is 13.8. The lowest BCUT2D eigenvalue weighted by molar-refractivity contribution is -0.132. The van der Waals surface area contributed by atoms with Crippen LogP contribution in [0, 0.1) is 5.41 Å². The molecule has 0 aliphatic heterocycles. The summed E-state index contributed by atoms with van der Waals surface area (Å²) in [5.41, 5.74) is 21.5. The summed E-state index contributed by atoms with van der Waals surface area (Å²) in [6, 6.07) is -3.06. The van der Waals surface area contributed by atoms with Crippen LogP contribution >= 0.6 is 0 Å². The fourth-order valence-corrected chi connectivity index (χ4v) is 3.57. The second kappa shape index (κ2) is 23.2. The van der Waals surface area contributed by atoms with Gasteiger partial charge in [-0.25, -0.2) is 0 Å². The van der Waals surface area contributed by atoms with Crippen molar-refractivity contribution in [3.05, 3.63) is 0 Å². The van der Waals surface area contributed by atoms with Gasteiger partial charge >= 0.3 is 0 Å². The Bertz CT molecular complexity index is 950. The maximum Gasteiger partial charge on any atom is 0.243 e. The minimum atomic E-state index is -1.09. The van der Waals surface area contributed by atoms with Crippen molar-refractivity contribution in [2.75, 3.05) is 45.8 Å². The molecule has 0 bridgehead atoms. The highest BCUT2D eigenvalue weighted by molar-refractivity contribution is 5.94. The molecular weight excluding hydrogens is 568 g/mol. The van der Waals surface area contributed by atoms with Crippen molar-refractivity contribution < 1.29 is 33.6 Å².